The van der Waals surface area contributed by atoms with E-state index in [1.165, 1.54) is 0 Å². The Kier molecular flexibility index (Phi) is 6.59. The normalized spacial score (nSPS) is 9.79. The fourth-order valence-corrected chi connectivity index (χ4v) is 3.89. The molecule has 0 bridgehead atoms. The van der Waals surface area contributed by atoms with Crippen LogP contribution >= 0.6 is 0 Å². The van der Waals surface area contributed by atoms with Crippen LogP contribution in [0.25, 0.3) is 13.5 Å². The number of hydrogen-bond donors (Lipinski definition) is 0. The van der Waals surface area contributed by atoms with Crippen molar-refractivity contribution in [1.82, 2.24) is 0 Å². The lowest BCUT2D eigenvalue weighted by Gasteiger charge is -2.03. The molecule has 0 aliphatic rings. The van der Waals surface area contributed by atoms with Crippen molar-refractivity contribution in [3.05, 3.63) is 33.2 Å². The summed E-state index contributed by atoms with van der Waals surface area (Å²) in [6.45, 7) is 20.7. The second-order valence-electron chi connectivity index (χ2n) is 3.91. The first-order chi connectivity index (χ1) is 9.07. The molecule has 0 rings (SSSR count). The van der Waals surface area contributed by atoms with Gasteiger partial charge in [0.2, 0.25) is 0 Å². The van der Waals surface area contributed by atoms with E-state index in [4.69, 9.17) is 35.5 Å². The van der Waals surface area contributed by atoms with Gasteiger partial charge in [-0.25, -0.2) is 15.8 Å². The van der Waals surface area contributed by atoms with Crippen molar-refractivity contribution in [2.24, 2.45) is 0 Å². The molecule has 0 aromatic carbocycles. The van der Waals surface area contributed by atoms with E-state index in [0.717, 1.165) is 0 Å². The molecular weight excluding hydrogens is 272 g/mol. The van der Waals surface area contributed by atoms with Gasteiger partial charge in [0.25, 0.3) is 0 Å². The van der Waals surface area contributed by atoms with Crippen LogP contribution in [-0.4, -0.2) is 16.6 Å². The topological polar surface area (TPSA) is 84.4 Å². The summed E-state index contributed by atoms with van der Waals surface area (Å²) in [5, 5.41) is 26.5. The van der Waals surface area contributed by atoms with Crippen molar-refractivity contribution in [2.45, 2.75) is 31.4 Å². The molecule has 8 heteroatoms. The van der Waals surface area contributed by atoms with E-state index in [0.29, 0.717) is 31.4 Å². The average molecular weight is 282 g/mol. The van der Waals surface area contributed by atoms with Crippen LogP contribution in [0.3, 0.4) is 0 Å². The van der Waals surface area contributed by atoms with Gasteiger partial charge in [0.1, 0.15) is 0 Å². The van der Waals surface area contributed by atoms with Crippen LogP contribution in [0, 0.1) is 52.6 Å². The smallest absolute Gasteiger partial charge is 0.267 e. The number of nitrogens with zero attached hydrogens (tertiary/aromatic N) is 6. The van der Waals surface area contributed by atoms with Crippen LogP contribution in [0.4, 0.5) is 0 Å². The van der Waals surface area contributed by atoms with E-state index in [1.54, 1.807) is 0 Å². The Morgan fingerprint density at radius 1 is 0.737 bits per heavy atom. The monoisotopic (exact) mass is 282 g/mol. The maximum Gasteiger partial charge on any atom is 1.27 e. The van der Waals surface area contributed by atoms with Crippen molar-refractivity contribution in [1.29, 1.82) is 15.8 Å². The number of nitriles is 3. The lowest BCUT2D eigenvalue weighted by atomic mass is 10.3. The minimum Gasteiger partial charge on any atom is -0.267 e. The maximum absolute atomic E-state index is 8.83. The molecule has 0 aliphatic heterocycles. The van der Waals surface area contributed by atoms with E-state index >= 15 is 0 Å². The first-order valence-electron chi connectivity index (χ1n) is 5.47. The third-order valence-corrected chi connectivity index (χ3v) is 7.02. The van der Waals surface area contributed by atoms with Gasteiger partial charge in [0.05, 0.1) is 17.1 Å². The van der Waals surface area contributed by atoms with Crippen LogP contribution < -0.4 is 0 Å². The molecule has 0 heterocycles. The molecule has 0 atom stereocenters. The summed E-state index contributed by atoms with van der Waals surface area (Å²) in [7, 11) is -6.24. The zero-order chi connectivity index (χ0) is 14.8. The fraction of sp³-hybridized carbons (Fsp3) is 0.455. The summed E-state index contributed by atoms with van der Waals surface area (Å²) < 4.78 is 9.55. The number of unbranched alkanes of at least 4 members (excludes halogenated alkanes) is 2. The first kappa shape index (κ1) is 16.4. The minimum atomic E-state index is -3.15. The minimum absolute atomic E-state index is 0.291. The maximum atomic E-state index is 8.83. The molecule has 0 saturated heterocycles. The third-order valence-electron chi connectivity index (χ3n) is 2.67. The van der Waals surface area contributed by atoms with E-state index in [-0.39, 0.29) is 0 Å². The Balaban J connectivity index is 4.26. The third kappa shape index (κ3) is 4.27. The van der Waals surface area contributed by atoms with E-state index in [1.807, 2.05) is 17.1 Å². The van der Waals surface area contributed by atoms with Crippen molar-refractivity contribution >= 4 is 16.6 Å². The molecule has 92 valence electrons. The summed E-state index contributed by atoms with van der Waals surface area (Å²) in [6.07, 6.45) is 1.75. The van der Waals surface area contributed by atoms with Gasteiger partial charge in [-0.05, 0) is 12.5 Å². The summed E-state index contributed by atoms with van der Waals surface area (Å²) >= 11 is 0. The van der Waals surface area contributed by atoms with Gasteiger partial charge < -0.3 is 0 Å². The highest BCUT2D eigenvalue weighted by Crippen LogP contribution is 2.21. The molecule has 0 unspecified atom stereocenters. The van der Waals surface area contributed by atoms with Crippen molar-refractivity contribution in [3.8, 4) is 17.1 Å². The molecule has 0 saturated carbocycles. The van der Waals surface area contributed by atoms with E-state index in [2.05, 4.69) is 13.5 Å². The summed E-state index contributed by atoms with van der Waals surface area (Å²) in [5.41, 5.74) is 5.51. The fourth-order valence-electron chi connectivity index (χ4n) is 1.41. The zero-order valence-corrected chi connectivity index (χ0v) is 12.2. The first-order valence-corrected chi connectivity index (χ1v) is 9.73. The van der Waals surface area contributed by atoms with Gasteiger partial charge in [-0.1, -0.05) is 12.8 Å². The molecule has 0 radical (unpaired) electrons. The Morgan fingerprint density at radius 3 is 1.53 bits per heavy atom. The van der Waals surface area contributed by atoms with Gasteiger partial charge in [-0.2, -0.15) is 0 Å². The van der Waals surface area contributed by atoms with Crippen molar-refractivity contribution < 1.29 is 0 Å². The Hall–Kier alpha value is -2.63. The highest BCUT2D eigenvalue weighted by atomic mass is 28.4. The van der Waals surface area contributed by atoms with Gasteiger partial charge in [0.15, 0.2) is 6.04 Å². The summed E-state index contributed by atoms with van der Waals surface area (Å²) in [5.74, 6) is 0. The molecule has 0 aliphatic carbocycles. The van der Waals surface area contributed by atoms with Crippen molar-refractivity contribution in [2.75, 3.05) is 0 Å². The molecule has 0 amide bonds. The van der Waals surface area contributed by atoms with E-state index < -0.39 is 16.6 Å². The van der Waals surface area contributed by atoms with Crippen LogP contribution in [0.2, 0.25) is 12.1 Å². The lowest BCUT2D eigenvalue weighted by molar-refractivity contribution is 0.760. The van der Waals surface area contributed by atoms with Crippen LogP contribution in [0.5, 0.6) is 0 Å². The molecular formula is C11H10N6Si2. The largest absolute Gasteiger partial charge is 1.27 e. The molecule has 0 fully saturated rings. The molecule has 0 N–H and O–H groups in total. The second kappa shape index (κ2) is 7.65. The summed E-state index contributed by atoms with van der Waals surface area (Å²) in [4.78, 5) is 0. The highest BCUT2D eigenvalue weighted by molar-refractivity contribution is 6.99. The molecule has 0 spiro atoms. The van der Waals surface area contributed by atoms with Crippen LogP contribution in [-0.2, 0) is 0 Å². The Bertz CT molecular complexity index is 447. The van der Waals surface area contributed by atoms with Crippen LogP contribution in [0.15, 0.2) is 0 Å². The molecule has 0 aromatic heterocycles. The van der Waals surface area contributed by atoms with Gasteiger partial charge in [-0.3, -0.25) is 33.2 Å². The predicted octanol–water partition coefficient (Wildman–Crippen LogP) is 2.49. The van der Waals surface area contributed by atoms with Crippen LogP contribution in [0.1, 0.15) is 19.3 Å². The van der Waals surface area contributed by atoms with E-state index in [9.17, 15) is 0 Å². The number of rotatable bonds is 6. The summed E-state index contributed by atoms with van der Waals surface area (Å²) in [6, 6.07) is 0.586. The Labute approximate surface area is 114 Å². The predicted molar refractivity (Wildman–Crippen MR) is 71.6 cm³/mol. The highest BCUT2D eigenvalue weighted by Gasteiger charge is 2.76. The zero-order valence-electron chi connectivity index (χ0n) is 10.2. The molecule has 19 heavy (non-hydrogen) atoms. The SMILES string of the molecule is [C-]#[N+][Si](CCCCC[Si](C#N)(C#N)C#N)([N+]#[C-])[N+]#[C-]. The molecule has 6 nitrogen and oxygen atoms in total. The quantitative estimate of drug-likeness (QED) is 0.426. The van der Waals surface area contributed by atoms with Gasteiger partial charge >= 0.3 is 16.6 Å². The Morgan fingerprint density at radius 2 is 1.16 bits per heavy atom. The average Bonchev–Trinajstić information content (AvgIpc) is 2.48. The standard InChI is InChI=1S/C11H10N6Si2/c1-15-19(16-2,17-3)8-6-4-5-7-18(9-12,10-13)11-14/h4-8H2. The second-order valence-corrected chi connectivity index (χ2v) is 9.61. The molecule has 0 aromatic rings. The lowest BCUT2D eigenvalue weighted by Crippen LogP contribution is -2.29. The number of hydrogen-bond acceptors (Lipinski definition) is 3. The van der Waals surface area contributed by atoms with Gasteiger partial charge in [0, 0.05) is 0 Å². The van der Waals surface area contributed by atoms with Crippen molar-refractivity contribution in [3.63, 3.8) is 0 Å². The van der Waals surface area contributed by atoms with Gasteiger partial charge in [-0.15, -0.1) is 0 Å².